The average Bonchev–Trinajstić information content (AvgIpc) is 2.69. The van der Waals surface area contributed by atoms with Gasteiger partial charge in [-0.3, -0.25) is 9.36 Å². The predicted molar refractivity (Wildman–Crippen MR) is 108 cm³/mol. The second kappa shape index (κ2) is 8.31. The molecule has 1 heterocycles. The van der Waals surface area contributed by atoms with Crippen molar-refractivity contribution in [1.82, 2.24) is 9.55 Å². The zero-order valence-corrected chi connectivity index (χ0v) is 16.6. The summed E-state index contributed by atoms with van der Waals surface area (Å²) in [7, 11) is 3.15. The van der Waals surface area contributed by atoms with E-state index in [0.29, 0.717) is 28.1 Å². The van der Waals surface area contributed by atoms with Crippen LogP contribution >= 0.6 is 11.8 Å². The first-order valence-corrected chi connectivity index (χ1v) is 9.43. The van der Waals surface area contributed by atoms with Gasteiger partial charge in [0.05, 0.1) is 19.9 Å². The van der Waals surface area contributed by atoms with Crippen LogP contribution in [0.3, 0.4) is 0 Å². The molecule has 6 heteroatoms. The Kier molecular flexibility index (Phi) is 5.86. The summed E-state index contributed by atoms with van der Waals surface area (Å²) < 4.78 is 12.1. The molecule has 0 saturated carbocycles. The Morgan fingerprint density at radius 3 is 2.33 bits per heavy atom. The number of hydrogen-bond acceptors (Lipinski definition) is 5. The lowest BCUT2D eigenvalue weighted by molar-refractivity contribution is 0.355. The molecule has 0 aliphatic heterocycles. The van der Waals surface area contributed by atoms with Gasteiger partial charge in [0.15, 0.2) is 16.5 Å². The zero-order valence-electron chi connectivity index (χ0n) is 15.8. The third-order valence-corrected chi connectivity index (χ3v) is 5.20. The zero-order chi connectivity index (χ0) is 19.4. The smallest absolute Gasteiger partial charge is 0.287 e. The molecule has 1 aromatic heterocycles. The highest BCUT2D eigenvalue weighted by Crippen LogP contribution is 2.29. The van der Waals surface area contributed by atoms with Crippen LogP contribution in [0.2, 0.25) is 0 Å². The number of ether oxygens (including phenoxy) is 2. The minimum Gasteiger partial charge on any atom is -0.493 e. The molecule has 0 amide bonds. The van der Waals surface area contributed by atoms with Crippen molar-refractivity contribution < 1.29 is 9.47 Å². The van der Waals surface area contributed by atoms with Crippen molar-refractivity contribution in [3.05, 3.63) is 70.8 Å². The topological polar surface area (TPSA) is 53.4 Å². The molecule has 0 radical (unpaired) electrons. The lowest BCUT2D eigenvalue weighted by Crippen LogP contribution is -2.20. The predicted octanol–water partition coefficient (Wildman–Crippen LogP) is 4.52. The molecule has 0 aliphatic carbocycles. The summed E-state index contributed by atoms with van der Waals surface area (Å²) in [4.78, 5) is 18.2. The van der Waals surface area contributed by atoms with Crippen LogP contribution in [0, 0.1) is 0 Å². The van der Waals surface area contributed by atoms with Crippen molar-refractivity contribution in [2.45, 2.75) is 29.7 Å². The maximum absolute atomic E-state index is 12.9. The van der Waals surface area contributed by atoms with E-state index in [4.69, 9.17) is 9.47 Å². The first kappa shape index (κ1) is 19.0. The van der Waals surface area contributed by atoms with Gasteiger partial charge in [-0.2, -0.15) is 0 Å². The molecular weight excluding hydrogens is 360 g/mol. The molecule has 0 saturated heterocycles. The summed E-state index contributed by atoms with van der Waals surface area (Å²) in [5.74, 6) is 1.65. The minimum absolute atomic E-state index is 0.178. The molecule has 27 heavy (non-hydrogen) atoms. The molecule has 3 aromatic rings. The molecule has 0 N–H and O–H groups in total. The molecule has 140 valence electrons. The fraction of sp³-hybridized carbons (Fsp3) is 0.238. The Balaban J connectivity index is 1.93. The van der Waals surface area contributed by atoms with Crippen LogP contribution in [-0.2, 0) is 0 Å². The number of hydrogen-bond donors (Lipinski definition) is 0. The summed E-state index contributed by atoms with van der Waals surface area (Å²) in [5, 5.41) is 0.421. The fourth-order valence-electron chi connectivity index (χ4n) is 2.67. The Morgan fingerprint density at radius 2 is 1.70 bits per heavy atom. The Labute approximate surface area is 163 Å². The largest absolute Gasteiger partial charge is 0.493 e. The van der Waals surface area contributed by atoms with Crippen LogP contribution in [0.25, 0.3) is 5.69 Å². The van der Waals surface area contributed by atoms with Crippen molar-refractivity contribution in [2.75, 3.05) is 14.2 Å². The second-order valence-electron chi connectivity index (χ2n) is 6.27. The van der Waals surface area contributed by atoms with Gasteiger partial charge in [-0.05, 0) is 35.7 Å². The molecule has 0 atom stereocenters. The average molecular weight is 382 g/mol. The Hall–Kier alpha value is -2.73. The Bertz CT molecular complexity index is 981. The van der Waals surface area contributed by atoms with Crippen LogP contribution < -0.4 is 15.0 Å². The summed E-state index contributed by atoms with van der Waals surface area (Å²) in [6.45, 7) is 4.31. The van der Waals surface area contributed by atoms with Gasteiger partial charge in [-0.15, -0.1) is 0 Å². The van der Waals surface area contributed by atoms with Crippen LogP contribution in [0.5, 0.6) is 11.5 Å². The first-order chi connectivity index (χ1) is 13.0. The van der Waals surface area contributed by atoms with Crippen LogP contribution in [-0.4, -0.2) is 23.8 Å². The molecule has 0 spiro atoms. The van der Waals surface area contributed by atoms with Gasteiger partial charge in [-0.25, -0.2) is 4.98 Å². The van der Waals surface area contributed by atoms with E-state index < -0.39 is 0 Å². The van der Waals surface area contributed by atoms with Crippen molar-refractivity contribution in [2.24, 2.45) is 0 Å². The minimum atomic E-state index is -0.178. The number of aromatic nitrogens is 2. The van der Waals surface area contributed by atoms with Gasteiger partial charge < -0.3 is 9.47 Å². The van der Waals surface area contributed by atoms with Gasteiger partial charge in [0.25, 0.3) is 5.56 Å². The summed E-state index contributed by atoms with van der Waals surface area (Å²) in [6.07, 6.45) is 3.28. The van der Waals surface area contributed by atoms with E-state index in [2.05, 4.69) is 31.0 Å². The van der Waals surface area contributed by atoms with E-state index >= 15 is 0 Å². The number of nitrogens with zero attached hydrogens (tertiary/aromatic N) is 2. The van der Waals surface area contributed by atoms with Gasteiger partial charge >= 0.3 is 0 Å². The van der Waals surface area contributed by atoms with Crippen LogP contribution in [0.1, 0.15) is 25.3 Å². The molecule has 0 unspecified atom stereocenters. The van der Waals surface area contributed by atoms with E-state index in [9.17, 15) is 4.79 Å². The van der Waals surface area contributed by atoms with Gasteiger partial charge in [0.2, 0.25) is 0 Å². The molecule has 0 fully saturated rings. The molecule has 2 aromatic carbocycles. The third-order valence-electron chi connectivity index (χ3n) is 4.22. The summed E-state index contributed by atoms with van der Waals surface area (Å²) >= 11 is 1.36. The first-order valence-electron chi connectivity index (χ1n) is 8.61. The highest BCUT2D eigenvalue weighted by Gasteiger charge is 2.11. The van der Waals surface area contributed by atoms with E-state index in [1.165, 1.54) is 17.3 Å². The highest BCUT2D eigenvalue weighted by molar-refractivity contribution is 7.99. The van der Waals surface area contributed by atoms with E-state index in [1.54, 1.807) is 43.3 Å². The summed E-state index contributed by atoms with van der Waals surface area (Å²) in [5.41, 5.74) is 1.78. The van der Waals surface area contributed by atoms with E-state index in [1.807, 2.05) is 18.2 Å². The van der Waals surface area contributed by atoms with Gasteiger partial charge in [0.1, 0.15) is 0 Å². The number of benzene rings is 2. The molecule has 0 aliphatic rings. The normalized spacial score (nSPS) is 10.9. The van der Waals surface area contributed by atoms with Gasteiger partial charge in [-0.1, -0.05) is 37.7 Å². The van der Waals surface area contributed by atoms with E-state index in [-0.39, 0.29) is 5.56 Å². The standard InChI is InChI=1S/C21H22N2O3S/c1-14(2)15-5-8-17(9-6-15)27-20-21(24)23(12-11-22-20)16-7-10-18(25-3)19(13-16)26-4/h5-14H,1-4H3. The van der Waals surface area contributed by atoms with Crippen molar-refractivity contribution in [1.29, 1.82) is 0 Å². The number of methoxy groups -OCH3 is 2. The van der Waals surface area contributed by atoms with Crippen molar-refractivity contribution >= 4 is 11.8 Å². The third kappa shape index (κ3) is 4.17. The van der Waals surface area contributed by atoms with Gasteiger partial charge in [0, 0.05) is 23.4 Å². The quantitative estimate of drug-likeness (QED) is 0.627. The van der Waals surface area contributed by atoms with E-state index in [0.717, 1.165) is 4.90 Å². The van der Waals surface area contributed by atoms with Crippen molar-refractivity contribution in [3.8, 4) is 17.2 Å². The number of rotatable bonds is 6. The molecule has 3 rings (SSSR count). The van der Waals surface area contributed by atoms with Crippen LogP contribution in [0.15, 0.2) is 69.6 Å². The van der Waals surface area contributed by atoms with Crippen LogP contribution in [0.4, 0.5) is 0 Å². The highest BCUT2D eigenvalue weighted by atomic mass is 32.2. The lowest BCUT2D eigenvalue weighted by Gasteiger charge is -2.12. The Morgan fingerprint density at radius 1 is 1.00 bits per heavy atom. The second-order valence-corrected chi connectivity index (χ2v) is 7.33. The summed E-state index contributed by atoms with van der Waals surface area (Å²) in [6, 6.07) is 13.6. The lowest BCUT2D eigenvalue weighted by atomic mass is 10.0. The molecule has 5 nitrogen and oxygen atoms in total. The monoisotopic (exact) mass is 382 g/mol. The van der Waals surface area contributed by atoms with Crippen molar-refractivity contribution in [3.63, 3.8) is 0 Å². The maximum atomic E-state index is 12.9. The molecular formula is C21H22N2O3S. The fourth-order valence-corrected chi connectivity index (χ4v) is 3.47. The molecule has 0 bridgehead atoms. The SMILES string of the molecule is COc1ccc(-n2ccnc(Sc3ccc(C(C)C)cc3)c2=O)cc1OC. The maximum Gasteiger partial charge on any atom is 0.287 e.